The first-order valence-electron chi connectivity index (χ1n) is 5.17. The Kier molecular flexibility index (Phi) is 2.60. The minimum Gasteiger partial charge on any atom is -0.463 e. The van der Waals surface area contributed by atoms with E-state index in [4.69, 9.17) is 4.42 Å². The number of benzene rings is 1. The molecule has 0 saturated heterocycles. The van der Waals surface area contributed by atoms with Gasteiger partial charge >= 0.3 is 0 Å². The minimum atomic E-state index is -0.255. The fourth-order valence-corrected chi connectivity index (χ4v) is 1.79. The number of carbonyl (C=O) groups excluding carboxylic acids is 1. The van der Waals surface area contributed by atoms with Crippen LogP contribution in [0.25, 0.3) is 11.0 Å². The predicted molar refractivity (Wildman–Crippen MR) is 62.0 cm³/mol. The Morgan fingerprint density at radius 1 is 1.38 bits per heavy atom. The minimum absolute atomic E-state index is 0.0696. The van der Waals surface area contributed by atoms with Crippen LogP contribution < -0.4 is 5.43 Å². The van der Waals surface area contributed by atoms with Gasteiger partial charge in [-0.3, -0.25) is 9.59 Å². The zero-order valence-corrected chi connectivity index (χ0v) is 9.24. The third-order valence-electron chi connectivity index (χ3n) is 2.68. The molecule has 1 heterocycles. The van der Waals surface area contributed by atoms with E-state index in [0.717, 1.165) is 17.5 Å². The summed E-state index contributed by atoms with van der Waals surface area (Å²) in [6.07, 6.45) is 2.59. The SMILES string of the molecule is CCc1cc(C)c2occ(C=O)c(=O)c2c1. The third-order valence-corrected chi connectivity index (χ3v) is 2.68. The molecule has 1 aromatic carbocycles. The van der Waals surface area contributed by atoms with Crippen molar-refractivity contribution >= 4 is 17.3 Å². The maximum atomic E-state index is 11.9. The van der Waals surface area contributed by atoms with Crippen molar-refractivity contribution in [1.82, 2.24) is 0 Å². The van der Waals surface area contributed by atoms with Gasteiger partial charge in [-0.1, -0.05) is 13.0 Å². The quantitative estimate of drug-likeness (QED) is 0.724. The summed E-state index contributed by atoms with van der Waals surface area (Å²) in [6.45, 7) is 3.91. The molecule has 0 aliphatic heterocycles. The molecule has 0 aliphatic carbocycles. The van der Waals surface area contributed by atoms with Crippen LogP contribution in [0, 0.1) is 6.92 Å². The van der Waals surface area contributed by atoms with Crippen LogP contribution in [0.5, 0.6) is 0 Å². The Balaban J connectivity index is 2.91. The molecule has 0 radical (unpaired) electrons. The second kappa shape index (κ2) is 3.93. The monoisotopic (exact) mass is 216 g/mol. The Morgan fingerprint density at radius 2 is 2.12 bits per heavy atom. The highest BCUT2D eigenvalue weighted by molar-refractivity contribution is 5.86. The molecule has 2 aromatic rings. The summed E-state index contributed by atoms with van der Waals surface area (Å²) in [4.78, 5) is 22.5. The van der Waals surface area contributed by atoms with Crippen LogP contribution in [0.3, 0.4) is 0 Å². The molecule has 1 aromatic heterocycles. The number of rotatable bonds is 2. The first-order valence-corrected chi connectivity index (χ1v) is 5.17. The molecule has 3 nitrogen and oxygen atoms in total. The van der Waals surface area contributed by atoms with E-state index in [1.807, 2.05) is 19.9 Å². The number of hydrogen-bond donors (Lipinski definition) is 0. The van der Waals surface area contributed by atoms with Crippen molar-refractivity contribution in [3.63, 3.8) is 0 Å². The van der Waals surface area contributed by atoms with Gasteiger partial charge in [-0.15, -0.1) is 0 Å². The number of carbonyl (C=O) groups is 1. The molecule has 0 amide bonds. The Hall–Kier alpha value is -1.90. The van der Waals surface area contributed by atoms with Gasteiger partial charge < -0.3 is 4.42 Å². The van der Waals surface area contributed by atoms with Crippen molar-refractivity contribution in [3.8, 4) is 0 Å². The van der Waals surface area contributed by atoms with Gasteiger partial charge in [-0.05, 0) is 30.5 Å². The zero-order valence-electron chi connectivity index (χ0n) is 9.24. The van der Waals surface area contributed by atoms with Crippen LogP contribution in [0.15, 0.2) is 27.6 Å². The van der Waals surface area contributed by atoms with Gasteiger partial charge in [0.1, 0.15) is 11.8 Å². The van der Waals surface area contributed by atoms with E-state index >= 15 is 0 Å². The molecule has 2 rings (SSSR count). The van der Waals surface area contributed by atoms with Crippen LogP contribution in [-0.2, 0) is 6.42 Å². The molecule has 0 unspecified atom stereocenters. The van der Waals surface area contributed by atoms with Crippen molar-refractivity contribution < 1.29 is 9.21 Å². The highest BCUT2D eigenvalue weighted by Gasteiger charge is 2.09. The van der Waals surface area contributed by atoms with Crippen LogP contribution in [0.1, 0.15) is 28.4 Å². The molecule has 82 valence electrons. The molecule has 3 heteroatoms. The first kappa shape index (κ1) is 10.6. The lowest BCUT2D eigenvalue weighted by Gasteiger charge is -2.04. The molecule has 0 spiro atoms. The number of aldehydes is 1. The highest BCUT2D eigenvalue weighted by Crippen LogP contribution is 2.18. The smallest absolute Gasteiger partial charge is 0.203 e. The lowest BCUT2D eigenvalue weighted by Crippen LogP contribution is -2.08. The average molecular weight is 216 g/mol. The van der Waals surface area contributed by atoms with Gasteiger partial charge in [0.15, 0.2) is 6.29 Å². The van der Waals surface area contributed by atoms with E-state index in [0.29, 0.717) is 17.3 Å². The molecule has 0 fully saturated rings. The van der Waals surface area contributed by atoms with Crippen LogP contribution in [0.4, 0.5) is 0 Å². The van der Waals surface area contributed by atoms with Crippen LogP contribution in [0.2, 0.25) is 0 Å². The van der Waals surface area contributed by atoms with E-state index in [9.17, 15) is 9.59 Å². The molecular formula is C13H12O3. The van der Waals surface area contributed by atoms with Gasteiger partial charge in [0.05, 0.1) is 10.9 Å². The molecule has 0 atom stereocenters. The van der Waals surface area contributed by atoms with E-state index in [2.05, 4.69) is 0 Å². The Bertz CT molecular complexity index is 608. The van der Waals surface area contributed by atoms with Crippen molar-refractivity contribution in [1.29, 1.82) is 0 Å². The summed E-state index contributed by atoms with van der Waals surface area (Å²) in [6, 6.07) is 3.78. The number of hydrogen-bond acceptors (Lipinski definition) is 3. The normalized spacial score (nSPS) is 10.6. The fraction of sp³-hybridized carbons (Fsp3) is 0.231. The maximum Gasteiger partial charge on any atom is 0.203 e. The third kappa shape index (κ3) is 1.54. The van der Waals surface area contributed by atoms with Gasteiger partial charge in [0.2, 0.25) is 5.43 Å². The molecule has 0 bridgehead atoms. The van der Waals surface area contributed by atoms with Crippen molar-refractivity contribution in [2.75, 3.05) is 0 Å². The maximum absolute atomic E-state index is 11.9. The van der Waals surface area contributed by atoms with Gasteiger partial charge in [-0.25, -0.2) is 0 Å². The summed E-state index contributed by atoms with van der Waals surface area (Å²) in [5.74, 6) is 0. The molecular weight excluding hydrogens is 204 g/mol. The largest absolute Gasteiger partial charge is 0.463 e. The predicted octanol–water partition coefficient (Wildman–Crippen LogP) is 2.48. The van der Waals surface area contributed by atoms with Crippen molar-refractivity contribution in [3.05, 3.63) is 45.3 Å². The lowest BCUT2D eigenvalue weighted by molar-refractivity contribution is 0.112. The number of fused-ring (bicyclic) bond motifs is 1. The molecule has 0 N–H and O–H groups in total. The summed E-state index contributed by atoms with van der Waals surface area (Å²) in [5, 5.41) is 0.487. The van der Waals surface area contributed by atoms with Crippen LogP contribution >= 0.6 is 0 Å². The summed E-state index contributed by atoms with van der Waals surface area (Å²) < 4.78 is 5.31. The Labute approximate surface area is 92.7 Å². The topological polar surface area (TPSA) is 47.3 Å². The van der Waals surface area contributed by atoms with Gasteiger partial charge in [0.25, 0.3) is 0 Å². The lowest BCUT2D eigenvalue weighted by atomic mass is 10.0. The van der Waals surface area contributed by atoms with Crippen LogP contribution in [-0.4, -0.2) is 6.29 Å². The summed E-state index contributed by atoms with van der Waals surface area (Å²) in [5.41, 5.74) is 2.37. The molecule has 16 heavy (non-hydrogen) atoms. The highest BCUT2D eigenvalue weighted by atomic mass is 16.3. The fourth-order valence-electron chi connectivity index (χ4n) is 1.79. The Morgan fingerprint density at radius 3 is 2.75 bits per heavy atom. The second-order valence-corrected chi connectivity index (χ2v) is 3.78. The molecule has 0 aliphatic rings. The second-order valence-electron chi connectivity index (χ2n) is 3.78. The first-order chi connectivity index (χ1) is 7.67. The van der Waals surface area contributed by atoms with E-state index in [-0.39, 0.29) is 11.0 Å². The van der Waals surface area contributed by atoms with Gasteiger partial charge in [0, 0.05) is 0 Å². The van der Waals surface area contributed by atoms with Crippen molar-refractivity contribution in [2.45, 2.75) is 20.3 Å². The van der Waals surface area contributed by atoms with E-state index in [1.165, 1.54) is 6.26 Å². The summed E-state index contributed by atoms with van der Waals surface area (Å²) >= 11 is 0. The standard InChI is InChI=1S/C13H12O3/c1-3-9-4-8(2)13-11(5-9)12(15)10(6-14)7-16-13/h4-7H,3H2,1-2H3. The zero-order chi connectivity index (χ0) is 11.7. The van der Waals surface area contributed by atoms with E-state index in [1.54, 1.807) is 6.07 Å². The average Bonchev–Trinajstić information content (AvgIpc) is 2.30. The molecule has 0 saturated carbocycles. The van der Waals surface area contributed by atoms with Gasteiger partial charge in [-0.2, -0.15) is 0 Å². The van der Waals surface area contributed by atoms with Crippen molar-refractivity contribution in [2.24, 2.45) is 0 Å². The number of aryl methyl sites for hydroxylation is 2. The summed E-state index contributed by atoms with van der Waals surface area (Å²) in [7, 11) is 0. The van der Waals surface area contributed by atoms with E-state index < -0.39 is 0 Å².